The first-order valence-corrected chi connectivity index (χ1v) is 6.61. The Morgan fingerprint density at radius 2 is 2.00 bits per heavy atom. The van der Waals surface area contributed by atoms with Crippen LogP contribution in [-0.2, 0) is 0 Å². The predicted octanol–water partition coefficient (Wildman–Crippen LogP) is 3.35. The number of nitrogen functional groups attached to an aromatic ring is 1. The van der Waals surface area contributed by atoms with Crippen LogP contribution in [0.25, 0.3) is 0 Å². The minimum Gasteiger partial charge on any atom is -0.397 e. The molecule has 0 unspecified atom stereocenters. The number of aryl methyl sites for hydroxylation is 1. The summed E-state index contributed by atoms with van der Waals surface area (Å²) < 4.78 is 0. The van der Waals surface area contributed by atoms with Crippen molar-refractivity contribution in [2.24, 2.45) is 0 Å². The molecule has 0 aliphatic rings. The quantitative estimate of drug-likeness (QED) is 0.897. The van der Waals surface area contributed by atoms with Crippen molar-refractivity contribution < 1.29 is 4.79 Å². The van der Waals surface area contributed by atoms with E-state index in [1.807, 2.05) is 19.1 Å². The first kappa shape index (κ1) is 14.1. The Kier molecular flexibility index (Phi) is 4.03. The fourth-order valence-electron chi connectivity index (χ4n) is 1.91. The molecule has 1 heterocycles. The van der Waals surface area contributed by atoms with Crippen LogP contribution in [0.5, 0.6) is 0 Å². The van der Waals surface area contributed by atoms with Gasteiger partial charge in [0.15, 0.2) is 0 Å². The molecule has 2 aromatic rings. The molecule has 3 N–H and O–H groups in total. The van der Waals surface area contributed by atoms with Crippen molar-refractivity contribution in [2.45, 2.75) is 26.7 Å². The molecular formula is C16H19N3O. The van der Waals surface area contributed by atoms with Crippen LogP contribution >= 0.6 is 0 Å². The molecule has 0 atom stereocenters. The molecule has 0 fully saturated rings. The molecule has 0 saturated heterocycles. The van der Waals surface area contributed by atoms with E-state index >= 15 is 0 Å². The van der Waals surface area contributed by atoms with Crippen LogP contribution in [0.15, 0.2) is 36.5 Å². The number of nitrogens with zero attached hydrogens (tertiary/aromatic N) is 1. The Morgan fingerprint density at radius 1 is 1.25 bits per heavy atom. The second kappa shape index (κ2) is 5.74. The summed E-state index contributed by atoms with van der Waals surface area (Å²) in [6, 6.07) is 9.36. The zero-order valence-electron chi connectivity index (χ0n) is 12.0. The van der Waals surface area contributed by atoms with E-state index in [-0.39, 0.29) is 5.91 Å². The lowest BCUT2D eigenvalue weighted by Crippen LogP contribution is -2.15. The molecule has 0 spiro atoms. The molecule has 1 amide bonds. The monoisotopic (exact) mass is 269 g/mol. The number of amides is 1. The largest absolute Gasteiger partial charge is 0.397 e. The first-order chi connectivity index (χ1) is 9.47. The molecule has 0 aliphatic carbocycles. The summed E-state index contributed by atoms with van der Waals surface area (Å²) in [5.41, 5.74) is 8.91. The average Bonchev–Trinajstić information content (AvgIpc) is 2.41. The van der Waals surface area contributed by atoms with Gasteiger partial charge in [-0.1, -0.05) is 26.0 Å². The summed E-state index contributed by atoms with van der Waals surface area (Å²) in [5.74, 6) is 0.734. The SMILES string of the molecule is Cc1ccc(C(C)C)cc1C(=O)Nc1ccc(N)cn1. The number of hydrogen-bond acceptors (Lipinski definition) is 3. The summed E-state index contributed by atoms with van der Waals surface area (Å²) in [5, 5.41) is 2.79. The third kappa shape index (κ3) is 3.15. The number of rotatable bonds is 3. The normalized spacial score (nSPS) is 10.6. The maximum atomic E-state index is 12.3. The van der Waals surface area contributed by atoms with Crippen LogP contribution in [0.4, 0.5) is 11.5 Å². The van der Waals surface area contributed by atoms with Crippen LogP contribution in [0.2, 0.25) is 0 Å². The Hall–Kier alpha value is -2.36. The van der Waals surface area contributed by atoms with Gasteiger partial charge in [0.2, 0.25) is 0 Å². The summed E-state index contributed by atoms with van der Waals surface area (Å²) in [7, 11) is 0. The minimum atomic E-state index is -0.151. The van der Waals surface area contributed by atoms with Crippen molar-refractivity contribution in [1.82, 2.24) is 4.98 Å². The number of carbonyl (C=O) groups is 1. The maximum Gasteiger partial charge on any atom is 0.257 e. The van der Waals surface area contributed by atoms with E-state index < -0.39 is 0 Å². The lowest BCUT2D eigenvalue weighted by molar-refractivity contribution is 0.102. The van der Waals surface area contributed by atoms with Gasteiger partial charge in [-0.2, -0.15) is 0 Å². The lowest BCUT2D eigenvalue weighted by atomic mass is 9.97. The fourth-order valence-corrected chi connectivity index (χ4v) is 1.91. The van der Waals surface area contributed by atoms with Crippen molar-refractivity contribution in [3.8, 4) is 0 Å². The van der Waals surface area contributed by atoms with E-state index in [2.05, 4.69) is 30.2 Å². The van der Waals surface area contributed by atoms with Crippen LogP contribution in [0.1, 0.15) is 41.3 Å². The van der Waals surface area contributed by atoms with Gasteiger partial charge in [0, 0.05) is 5.56 Å². The summed E-state index contributed by atoms with van der Waals surface area (Å²) in [6.07, 6.45) is 1.52. The molecule has 0 radical (unpaired) electrons. The molecule has 104 valence electrons. The van der Waals surface area contributed by atoms with E-state index in [0.29, 0.717) is 23.0 Å². The second-order valence-electron chi connectivity index (χ2n) is 5.16. The number of aromatic nitrogens is 1. The number of hydrogen-bond donors (Lipinski definition) is 2. The van der Waals surface area contributed by atoms with Crippen LogP contribution < -0.4 is 11.1 Å². The third-order valence-electron chi connectivity index (χ3n) is 3.20. The topological polar surface area (TPSA) is 68.0 Å². The van der Waals surface area contributed by atoms with Gasteiger partial charge >= 0.3 is 0 Å². The Labute approximate surface area is 119 Å². The molecule has 0 bridgehead atoms. The summed E-state index contributed by atoms with van der Waals surface area (Å²) in [6.45, 7) is 6.14. The van der Waals surface area contributed by atoms with Gasteiger partial charge in [0.1, 0.15) is 5.82 Å². The molecule has 4 nitrogen and oxygen atoms in total. The van der Waals surface area contributed by atoms with Gasteiger partial charge in [0.05, 0.1) is 11.9 Å². The van der Waals surface area contributed by atoms with Crippen LogP contribution in [0.3, 0.4) is 0 Å². The van der Waals surface area contributed by atoms with Crippen molar-refractivity contribution in [3.63, 3.8) is 0 Å². The van der Waals surface area contributed by atoms with Gasteiger partial charge in [0.25, 0.3) is 5.91 Å². The molecule has 2 rings (SSSR count). The number of carbonyl (C=O) groups excluding carboxylic acids is 1. The Bertz CT molecular complexity index is 618. The van der Waals surface area contributed by atoms with E-state index in [4.69, 9.17) is 5.73 Å². The van der Waals surface area contributed by atoms with Gasteiger partial charge < -0.3 is 11.1 Å². The first-order valence-electron chi connectivity index (χ1n) is 6.61. The number of benzene rings is 1. The van der Waals surface area contributed by atoms with Gasteiger partial charge in [-0.05, 0) is 42.2 Å². The predicted molar refractivity (Wildman–Crippen MR) is 81.9 cm³/mol. The van der Waals surface area contributed by atoms with Crippen molar-refractivity contribution in [1.29, 1.82) is 0 Å². The highest BCUT2D eigenvalue weighted by Crippen LogP contribution is 2.19. The fraction of sp³-hybridized carbons (Fsp3) is 0.250. The number of pyridine rings is 1. The van der Waals surface area contributed by atoms with E-state index in [0.717, 1.165) is 11.1 Å². The van der Waals surface area contributed by atoms with Crippen LogP contribution in [0, 0.1) is 6.92 Å². The Balaban J connectivity index is 2.24. The molecule has 1 aromatic carbocycles. The molecule has 20 heavy (non-hydrogen) atoms. The molecule has 0 aliphatic heterocycles. The van der Waals surface area contributed by atoms with Gasteiger partial charge in [-0.3, -0.25) is 4.79 Å². The number of nitrogens with one attached hydrogen (secondary N) is 1. The zero-order chi connectivity index (χ0) is 14.7. The molecular weight excluding hydrogens is 250 g/mol. The smallest absolute Gasteiger partial charge is 0.257 e. The highest BCUT2D eigenvalue weighted by atomic mass is 16.1. The van der Waals surface area contributed by atoms with Crippen molar-refractivity contribution in [2.75, 3.05) is 11.1 Å². The van der Waals surface area contributed by atoms with E-state index in [1.54, 1.807) is 12.1 Å². The van der Waals surface area contributed by atoms with Crippen LogP contribution in [-0.4, -0.2) is 10.9 Å². The summed E-state index contributed by atoms with van der Waals surface area (Å²) in [4.78, 5) is 16.4. The zero-order valence-corrected chi connectivity index (χ0v) is 12.0. The lowest BCUT2D eigenvalue weighted by Gasteiger charge is -2.11. The van der Waals surface area contributed by atoms with Gasteiger partial charge in [-0.25, -0.2) is 4.98 Å². The number of anilines is 2. The molecule has 1 aromatic heterocycles. The van der Waals surface area contributed by atoms with E-state index in [1.165, 1.54) is 6.20 Å². The minimum absolute atomic E-state index is 0.151. The number of nitrogens with two attached hydrogens (primary N) is 1. The third-order valence-corrected chi connectivity index (χ3v) is 3.20. The van der Waals surface area contributed by atoms with Gasteiger partial charge in [-0.15, -0.1) is 0 Å². The maximum absolute atomic E-state index is 12.3. The standard InChI is InChI=1S/C16H19N3O/c1-10(2)12-5-4-11(3)14(8-12)16(20)19-15-7-6-13(17)9-18-15/h4-10H,17H2,1-3H3,(H,18,19,20). The van der Waals surface area contributed by atoms with Crippen molar-refractivity contribution in [3.05, 3.63) is 53.2 Å². The Morgan fingerprint density at radius 3 is 2.60 bits per heavy atom. The van der Waals surface area contributed by atoms with E-state index in [9.17, 15) is 4.79 Å². The average molecular weight is 269 g/mol. The molecule has 0 saturated carbocycles. The highest BCUT2D eigenvalue weighted by molar-refractivity contribution is 6.04. The molecule has 4 heteroatoms. The second-order valence-corrected chi connectivity index (χ2v) is 5.16. The highest BCUT2D eigenvalue weighted by Gasteiger charge is 2.12. The van der Waals surface area contributed by atoms with Crippen molar-refractivity contribution >= 4 is 17.4 Å². The summed E-state index contributed by atoms with van der Waals surface area (Å²) >= 11 is 0.